The first-order valence-corrected chi connectivity index (χ1v) is 20.6. The molecule has 7 rings (SSSR count). The molecule has 2 heterocycles. The Kier molecular flexibility index (Phi) is 11.2. The van der Waals surface area contributed by atoms with Gasteiger partial charge in [0.15, 0.2) is 5.67 Å². The number of halogens is 1. The van der Waals surface area contributed by atoms with Gasteiger partial charge < -0.3 is 20.6 Å². The summed E-state index contributed by atoms with van der Waals surface area (Å²) in [4.78, 5) is 49.4. The quantitative estimate of drug-likeness (QED) is 0.107. The number of aromatic nitrogens is 1. The van der Waals surface area contributed by atoms with Crippen LogP contribution in [0, 0.1) is 13.8 Å². The monoisotopic (exact) mass is 790 g/mol. The SMILES string of the molecule is Cc1cc(-c2scnc2C)ccc1CNC(=O)[C@H]1C[C@@H](O)CN1C(=O)C(NC(=O)C1(F)CC1)C(C)(C)SC(c1ccccc1)(c1ccccc1)c1ccccc1. The third kappa shape index (κ3) is 7.90. The normalized spacial score (nSPS) is 18.3. The fraction of sp³-hybridized carbons (Fsp3) is 0.333. The predicted molar refractivity (Wildman–Crippen MR) is 221 cm³/mol. The molecule has 0 spiro atoms. The fourth-order valence-electron chi connectivity index (χ4n) is 7.67. The van der Waals surface area contributed by atoms with Crippen LogP contribution in [-0.2, 0) is 25.7 Å². The largest absolute Gasteiger partial charge is 0.391 e. The van der Waals surface area contributed by atoms with Gasteiger partial charge in [-0.05, 0) is 73.9 Å². The fourth-order valence-corrected chi connectivity index (χ4v) is 10.3. The van der Waals surface area contributed by atoms with E-state index in [2.05, 4.69) is 21.7 Å². The van der Waals surface area contributed by atoms with Crippen LogP contribution >= 0.6 is 23.1 Å². The minimum Gasteiger partial charge on any atom is -0.391 e. The molecule has 290 valence electrons. The van der Waals surface area contributed by atoms with Crippen LogP contribution in [0.3, 0.4) is 0 Å². The summed E-state index contributed by atoms with van der Waals surface area (Å²) in [5.41, 5.74) is 6.56. The molecule has 1 saturated carbocycles. The zero-order valence-electron chi connectivity index (χ0n) is 32.0. The number of thiazole rings is 1. The van der Waals surface area contributed by atoms with Crippen molar-refractivity contribution in [3.8, 4) is 10.4 Å². The number of carbonyl (C=O) groups excluding carboxylic acids is 3. The lowest BCUT2D eigenvalue weighted by atomic mass is 9.84. The van der Waals surface area contributed by atoms with E-state index in [0.29, 0.717) is 0 Å². The number of alkyl halides is 1. The zero-order valence-corrected chi connectivity index (χ0v) is 33.6. The van der Waals surface area contributed by atoms with Crippen LogP contribution in [0.1, 0.15) is 66.6 Å². The maximum atomic E-state index is 15.5. The molecule has 0 radical (unpaired) electrons. The Morgan fingerprint density at radius 3 is 2.00 bits per heavy atom. The molecule has 2 fully saturated rings. The van der Waals surface area contributed by atoms with Gasteiger partial charge in [0.05, 0.1) is 26.9 Å². The second-order valence-corrected chi connectivity index (χ2v) is 18.1. The highest BCUT2D eigenvalue weighted by Gasteiger charge is 2.55. The van der Waals surface area contributed by atoms with Crippen LogP contribution in [-0.4, -0.2) is 67.9 Å². The van der Waals surface area contributed by atoms with Gasteiger partial charge in [-0.2, -0.15) is 0 Å². The van der Waals surface area contributed by atoms with Crippen molar-refractivity contribution in [2.24, 2.45) is 0 Å². The Bertz CT molecular complexity index is 2100. The molecule has 3 N–H and O–H groups in total. The molecule has 1 saturated heterocycles. The number of likely N-dealkylation sites (tertiary alicyclic amines) is 1. The summed E-state index contributed by atoms with van der Waals surface area (Å²) < 4.78 is 13.5. The van der Waals surface area contributed by atoms with E-state index >= 15 is 9.18 Å². The number of aliphatic hydroxyl groups is 1. The summed E-state index contributed by atoms with van der Waals surface area (Å²) in [5, 5.41) is 16.8. The summed E-state index contributed by atoms with van der Waals surface area (Å²) in [7, 11) is 0. The Morgan fingerprint density at radius 2 is 1.50 bits per heavy atom. The molecular weight excluding hydrogens is 744 g/mol. The van der Waals surface area contributed by atoms with Gasteiger partial charge >= 0.3 is 0 Å². The second kappa shape index (κ2) is 16.0. The molecule has 56 heavy (non-hydrogen) atoms. The molecule has 3 atom stereocenters. The molecule has 8 nitrogen and oxygen atoms in total. The predicted octanol–water partition coefficient (Wildman–Crippen LogP) is 7.50. The first kappa shape index (κ1) is 39.4. The minimum atomic E-state index is -2.05. The van der Waals surface area contributed by atoms with Gasteiger partial charge in [-0.15, -0.1) is 23.1 Å². The number of aliphatic hydroxyl groups excluding tert-OH is 1. The van der Waals surface area contributed by atoms with Crippen LogP contribution in [0.4, 0.5) is 4.39 Å². The lowest BCUT2D eigenvalue weighted by Crippen LogP contribution is -2.61. The van der Waals surface area contributed by atoms with Crippen molar-refractivity contribution in [1.82, 2.24) is 20.5 Å². The van der Waals surface area contributed by atoms with Gasteiger partial charge in [0.1, 0.15) is 12.1 Å². The van der Waals surface area contributed by atoms with Crippen LogP contribution < -0.4 is 10.6 Å². The number of aryl methyl sites for hydroxylation is 2. The Balaban J connectivity index is 1.21. The Labute approximate surface area is 336 Å². The van der Waals surface area contributed by atoms with E-state index in [1.54, 1.807) is 11.3 Å². The maximum absolute atomic E-state index is 15.5. The van der Waals surface area contributed by atoms with E-state index in [1.165, 1.54) is 16.7 Å². The lowest BCUT2D eigenvalue weighted by Gasteiger charge is -2.45. The van der Waals surface area contributed by atoms with Gasteiger partial charge in [0.25, 0.3) is 5.91 Å². The molecule has 5 aromatic rings. The number of β-amino-alcohol motifs (C(OH)–C–C–N with tert-alkyl or cyclic N) is 1. The number of rotatable bonds is 13. The number of benzene rings is 4. The molecule has 11 heteroatoms. The number of nitrogens with zero attached hydrogens (tertiary/aromatic N) is 2. The third-order valence-electron chi connectivity index (χ3n) is 10.9. The van der Waals surface area contributed by atoms with Gasteiger partial charge in [0, 0.05) is 24.3 Å². The second-order valence-electron chi connectivity index (χ2n) is 15.4. The molecule has 4 aromatic carbocycles. The number of carbonyl (C=O) groups is 3. The third-order valence-corrected chi connectivity index (χ3v) is 13.7. The number of nitrogens with one attached hydrogen (secondary N) is 2. The molecule has 1 aliphatic carbocycles. The topological polar surface area (TPSA) is 112 Å². The number of amides is 3. The van der Waals surface area contributed by atoms with Crippen molar-refractivity contribution in [3.05, 3.63) is 148 Å². The molecule has 1 unspecified atom stereocenters. The van der Waals surface area contributed by atoms with E-state index < -0.39 is 51.1 Å². The number of hydrogen-bond donors (Lipinski definition) is 3. The maximum Gasteiger partial charge on any atom is 0.258 e. The van der Waals surface area contributed by atoms with E-state index in [0.717, 1.165) is 44.0 Å². The zero-order chi connectivity index (χ0) is 39.7. The lowest BCUT2D eigenvalue weighted by molar-refractivity contribution is -0.143. The highest BCUT2D eigenvalue weighted by atomic mass is 32.2. The molecule has 2 aliphatic rings. The van der Waals surface area contributed by atoms with Gasteiger partial charge in [-0.3, -0.25) is 14.4 Å². The van der Waals surface area contributed by atoms with Crippen molar-refractivity contribution in [2.45, 2.75) is 86.9 Å². The number of thioether (sulfide) groups is 1. The highest BCUT2D eigenvalue weighted by molar-refractivity contribution is 8.02. The summed E-state index contributed by atoms with van der Waals surface area (Å²) in [6, 6.07) is 33.8. The average molecular weight is 791 g/mol. The molecule has 1 aromatic heterocycles. The van der Waals surface area contributed by atoms with Crippen molar-refractivity contribution < 1.29 is 23.9 Å². The summed E-state index contributed by atoms with van der Waals surface area (Å²) >= 11 is 3.07. The Hall–Kier alpha value is -4.84. The molecule has 1 aliphatic heterocycles. The van der Waals surface area contributed by atoms with Crippen molar-refractivity contribution in [2.75, 3.05) is 6.54 Å². The molecular formula is C45H47FN4O4S2. The summed E-state index contributed by atoms with van der Waals surface area (Å²) in [6.07, 6.45) is -0.776. The Morgan fingerprint density at radius 1 is 0.929 bits per heavy atom. The summed E-state index contributed by atoms with van der Waals surface area (Å²) in [5.74, 6) is -1.81. The summed E-state index contributed by atoms with van der Waals surface area (Å²) in [6.45, 7) is 7.84. The van der Waals surface area contributed by atoms with Crippen molar-refractivity contribution in [1.29, 1.82) is 0 Å². The van der Waals surface area contributed by atoms with Crippen LogP contribution in [0.15, 0.2) is 115 Å². The van der Waals surface area contributed by atoms with E-state index in [1.807, 2.05) is 136 Å². The van der Waals surface area contributed by atoms with Crippen LogP contribution in [0.5, 0.6) is 0 Å². The van der Waals surface area contributed by atoms with Crippen LogP contribution in [0.2, 0.25) is 0 Å². The first-order chi connectivity index (χ1) is 26.8. The van der Waals surface area contributed by atoms with Crippen LogP contribution in [0.25, 0.3) is 10.4 Å². The highest BCUT2D eigenvalue weighted by Crippen LogP contribution is 2.54. The van der Waals surface area contributed by atoms with Gasteiger partial charge in [0.2, 0.25) is 11.8 Å². The average Bonchev–Trinajstić information content (AvgIpc) is 3.61. The van der Waals surface area contributed by atoms with Crippen molar-refractivity contribution >= 4 is 40.8 Å². The number of hydrogen-bond acceptors (Lipinski definition) is 7. The van der Waals surface area contributed by atoms with E-state index in [4.69, 9.17) is 0 Å². The molecule has 3 amide bonds. The first-order valence-electron chi connectivity index (χ1n) is 19.0. The van der Waals surface area contributed by atoms with Gasteiger partial charge in [-0.25, -0.2) is 9.37 Å². The van der Waals surface area contributed by atoms with E-state index in [-0.39, 0.29) is 32.4 Å². The molecule has 0 bridgehead atoms. The van der Waals surface area contributed by atoms with Crippen molar-refractivity contribution in [3.63, 3.8) is 0 Å². The van der Waals surface area contributed by atoms with E-state index in [9.17, 15) is 14.7 Å². The standard InChI is InChI=1S/C45H47FN4O4S2/c1-29-24-31(38-30(2)48-28-55-38)20-21-32(29)26-47-40(52)37-25-36(51)27-50(37)41(53)39(49-42(54)44(46)22-23-44)43(3,4)56-45(33-14-8-5-9-15-33,34-16-10-6-11-17-34)35-18-12-7-13-19-35/h5-21,24,28,36-37,39,51H,22-23,25-27H2,1-4H3,(H,47,52)(H,49,54)/t36-,37-,39?/m1/s1. The smallest absolute Gasteiger partial charge is 0.258 e. The minimum absolute atomic E-state index is 0.0312. The van der Waals surface area contributed by atoms with Gasteiger partial charge in [-0.1, -0.05) is 109 Å².